The molecule has 0 saturated heterocycles. The minimum absolute atomic E-state index is 0. The van der Waals surface area contributed by atoms with Crippen molar-refractivity contribution < 1.29 is 26.3 Å². The Bertz CT molecular complexity index is 2650. The summed E-state index contributed by atoms with van der Waals surface area (Å²) in [5, 5.41) is 23.0. The summed E-state index contributed by atoms with van der Waals surface area (Å²) < 4.78 is 78.8. The summed E-state index contributed by atoms with van der Waals surface area (Å²) in [5.74, 6) is 2.78. The predicted molar refractivity (Wildman–Crippen MR) is 333 cm³/mol. The number of benzene rings is 5. The van der Waals surface area contributed by atoms with Crippen LogP contribution in [0.15, 0.2) is 128 Å². The second kappa shape index (κ2) is 35.5. The Balaban J connectivity index is 0.000000554. The molecular weight excluding hydrogens is 1340 g/mol. The van der Waals surface area contributed by atoms with Gasteiger partial charge in [0.1, 0.15) is 0 Å². The predicted octanol–water partition coefficient (Wildman–Crippen LogP) is 13.8. The number of hydrogen-bond donors (Lipinski definition) is 7. The number of hydrogen-bond acceptors (Lipinski definition) is 13. The van der Waals surface area contributed by atoms with Crippen molar-refractivity contribution in [2.24, 2.45) is 27.2 Å². The highest BCUT2D eigenvalue weighted by atomic mass is 79.9. The maximum Gasteiger partial charge on any atom is 0.416 e. The van der Waals surface area contributed by atoms with Gasteiger partial charge in [-0.25, -0.2) is 9.98 Å². The van der Waals surface area contributed by atoms with Gasteiger partial charge in [-0.1, -0.05) is 153 Å². The number of nitrogens with zero attached hydrogens (tertiary/aromatic N) is 4. The van der Waals surface area contributed by atoms with Gasteiger partial charge < -0.3 is 27.8 Å². The quantitative estimate of drug-likeness (QED) is 0.0284. The van der Waals surface area contributed by atoms with E-state index in [0.717, 1.165) is 90.3 Å². The van der Waals surface area contributed by atoms with E-state index in [0.29, 0.717) is 64.1 Å². The number of aliphatic imine (C=N–C) groups is 2. The van der Waals surface area contributed by atoms with Crippen LogP contribution in [0.5, 0.6) is 0 Å². The van der Waals surface area contributed by atoms with E-state index in [9.17, 15) is 26.3 Å². The van der Waals surface area contributed by atoms with Gasteiger partial charge in [-0.15, -0.1) is 34.0 Å². The molecule has 0 aliphatic carbocycles. The van der Waals surface area contributed by atoms with Crippen LogP contribution in [0.2, 0.25) is 0 Å². The fourth-order valence-electron chi connectivity index (χ4n) is 6.95. The van der Waals surface area contributed by atoms with E-state index < -0.39 is 23.5 Å². The third-order valence-electron chi connectivity index (χ3n) is 11.1. The molecule has 77 heavy (non-hydrogen) atoms. The zero-order valence-corrected chi connectivity index (χ0v) is 51.2. The van der Waals surface area contributed by atoms with E-state index in [1.54, 1.807) is 23.5 Å². The Hall–Kier alpha value is -3.24. The molecule has 7 rings (SSSR count). The van der Waals surface area contributed by atoms with Crippen LogP contribution in [0.1, 0.15) is 63.1 Å². The van der Waals surface area contributed by atoms with Gasteiger partial charge >= 0.3 is 12.4 Å². The van der Waals surface area contributed by atoms with Crippen molar-refractivity contribution in [1.29, 1.82) is 10.8 Å². The summed E-state index contributed by atoms with van der Waals surface area (Å²) in [6.45, 7) is 6.46. The highest BCUT2D eigenvalue weighted by molar-refractivity contribution is 9.10. The number of alkyl halides is 6. The van der Waals surface area contributed by atoms with Crippen LogP contribution in [-0.2, 0) is 54.6 Å². The van der Waals surface area contributed by atoms with Crippen molar-refractivity contribution in [3.8, 4) is 0 Å². The SMILES string of the molecule is Br.Br.C.Cc1ccc(CCN)cc1.FC(F)(F)c1ccc(CCN2CN=C(SCc3ccc(Br)cc3CSC3=NCN(CCc4ccc(C(F)(F)F)cc4)CN3)NC2)cc1.N=C(N)SCc1ccc(Br)cc1CSC(=N)N. The van der Waals surface area contributed by atoms with Crippen molar-refractivity contribution in [3.05, 3.63) is 174 Å². The van der Waals surface area contributed by atoms with E-state index in [-0.39, 0.29) is 51.7 Å². The van der Waals surface area contributed by atoms with Crippen LogP contribution in [0.25, 0.3) is 0 Å². The molecule has 422 valence electrons. The minimum Gasteiger partial charge on any atom is -0.379 e. The van der Waals surface area contributed by atoms with Crippen LogP contribution in [0, 0.1) is 17.7 Å². The largest absolute Gasteiger partial charge is 0.416 e. The fourth-order valence-corrected chi connectivity index (χ4v) is 10.7. The third kappa shape index (κ3) is 26.3. The third-order valence-corrected chi connectivity index (χ3v) is 15.6. The van der Waals surface area contributed by atoms with E-state index in [4.69, 9.17) is 28.0 Å². The summed E-state index contributed by atoms with van der Waals surface area (Å²) in [7, 11) is 0. The first kappa shape index (κ1) is 69.9. The molecule has 10 N–H and O–H groups in total. The molecule has 25 heteroatoms. The lowest BCUT2D eigenvalue weighted by molar-refractivity contribution is -0.138. The number of amidine groups is 4. The van der Waals surface area contributed by atoms with Crippen molar-refractivity contribution in [2.75, 3.05) is 46.3 Å². The monoisotopic (exact) mass is 1400 g/mol. The molecule has 11 nitrogen and oxygen atoms in total. The molecule has 2 aliphatic heterocycles. The van der Waals surface area contributed by atoms with Gasteiger partial charge in [0.15, 0.2) is 20.7 Å². The first-order chi connectivity index (χ1) is 35.2. The van der Waals surface area contributed by atoms with Gasteiger partial charge in [-0.05, 0) is 120 Å². The fraction of sp³-hybridized carbons (Fsp3) is 0.346. The molecule has 0 radical (unpaired) electrons. The van der Waals surface area contributed by atoms with Gasteiger partial charge in [0.25, 0.3) is 0 Å². The second-order valence-electron chi connectivity index (χ2n) is 16.8. The van der Waals surface area contributed by atoms with E-state index in [1.807, 2.05) is 24.3 Å². The number of thioether (sulfide) groups is 4. The molecule has 2 heterocycles. The average molecular weight is 1410 g/mol. The summed E-state index contributed by atoms with van der Waals surface area (Å²) in [6.07, 6.45) is -6.40. The Kier molecular flexibility index (Phi) is 32.2. The summed E-state index contributed by atoms with van der Waals surface area (Å²) in [4.78, 5) is 13.5. The molecular formula is C52H65Br4F6N11S4. The minimum atomic E-state index is -4.33. The van der Waals surface area contributed by atoms with Gasteiger partial charge in [-0.3, -0.25) is 20.6 Å². The number of aryl methyl sites for hydroxylation is 1. The van der Waals surface area contributed by atoms with E-state index >= 15 is 0 Å². The normalized spacial score (nSPS) is 13.5. The Morgan fingerprint density at radius 3 is 1.31 bits per heavy atom. The molecule has 5 aromatic carbocycles. The zero-order valence-electron chi connectivity index (χ0n) is 41.3. The molecule has 0 saturated carbocycles. The Morgan fingerprint density at radius 2 is 0.935 bits per heavy atom. The number of rotatable bonds is 16. The molecule has 0 bridgehead atoms. The van der Waals surface area contributed by atoms with E-state index in [1.165, 1.54) is 70.0 Å². The molecule has 0 atom stereocenters. The van der Waals surface area contributed by atoms with Crippen LogP contribution in [0.4, 0.5) is 26.3 Å². The van der Waals surface area contributed by atoms with Crippen molar-refractivity contribution in [3.63, 3.8) is 0 Å². The lowest BCUT2D eigenvalue weighted by Crippen LogP contribution is -2.42. The maximum atomic E-state index is 12.8. The van der Waals surface area contributed by atoms with Gasteiger partial charge in [-0.2, -0.15) is 26.3 Å². The first-order valence-corrected chi connectivity index (χ1v) is 28.6. The molecule has 0 unspecified atom stereocenters. The number of nitrogens with two attached hydrogens (primary N) is 3. The summed E-state index contributed by atoms with van der Waals surface area (Å²) >= 11 is 12.8. The molecule has 0 spiro atoms. The molecule has 0 aromatic heterocycles. The second-order valence-corrected chi connectivity index (χ2v) is 22.6. The smallest absolute Gasteiger partial charge is 0.379 e. The summed E-state index contributed by atoms with van der Waals surface area (Å²) in [6, 6.07) is 31.3. The van der Waals surface area contributed by atoms with Gasteiger partial charge in [0.2, 0.25) is 0 Å². The van der Waals surface area contributed by atoms with Crippen molar-refractivity contribution >= 4 is 134 Å². The number of nitrogens with one attached hydrogen (secondary N) is 4. The van der Waals surface area contributed by atoms with E-state index in [2.05, 4.69) is 106 Å². The summed E-state index contributed by atoms with van der Waals surface area (Å²) in [5.41, 5.74) is 23.7. The van der Waals surface area contributed by atoms with Gasteiger partial charge in [0.05, 0.1) is 37.8 Å². The Morgan fingerprint density at radius 1 is 0.571 bits per heavy atom. The lowest BCUT2D eigenvalue weighted by Gasteiger charge is -2.27. The molecule has 2 aliphatic rings. The standard InChI is InChI=1S/C32H33BrF6N6S2.C10H13BrN4S2.C9H13N.CH4.2BrH/c33-28-10-5-24(16-46-29-40-18-44(19-41-29)13-11-22-1-6-26(7-2-22)31(34,35)36)25(15-28)17-47-30-42-20-45(21-43-30)14-12-23-3-8-27(9-4-23)32(37,38)39;11-8-2-1-6(4-16-9(12)13)7(3-8)5-17-10(14)15;1-8-2-4-9(5-3-8)6-7-10;;;/h1-10,15H,11-14,16-21H2,(H,40,41)(H,42,43);1-3H,4-5H2,(H3,12,13)(H3,14,15);2-5H,6-7,10H2,1H3;1H4;2*1H. The van der Waals surface area contributed by atoms with Gasteiger partial charge in [0, 0.05) is 45.0 Å². The van der Waals surface area contributed by atoms with Crippen LogP contribution in [0.3, 0.4) is 0 Å². The molecule has 0 amide bonds. The Labute approximate surface area is 503 Å². The topological polar surface area (TPSA) is 181 Å². The maximum absolute atomic E-state index is 12.8. The first-order valence-electron chi connectivity index (χ1n) is 23.1. The zero-order chi connectivity index (χ0) is 53.7. The molecule has 5 aromatic rings. The highest BCUT2D eigenvalue weighted by Gasteiger charge is 2.31. The van der Waals surface area contributed by atoms with Crippen LogP contribution >= 0.6 is 113 Å². The lowest BCUT2D eigenvalue weighted by atomic mass is 10.1. The average Bonchev–Trinajstić information content (AvgIpc) is 3.37. The van der Waals surface area contributed by atoms with Crippen LogP contribution < -0.4 is 27.8 Å². The van der Waals surface area contributed by atoms with Crippen molar-refractivity contribution in [2.45, 2.75) is 69.0 Å². The van der Waals surface area contributed by atoms with Crippen LogP contribution in [-0.4, -0.2) is 76.8 Å². The highest BCUT2D eigenvalue weighted by Crippen LogP contribution is 2.31. The molecule has 0 fully saturated rings. The van der Waals surface area contributed by atoms with Crippen molar-refractivity contribution in [1.82, 2.24) is 20.4 Å². The number of halogens is 10.